The Hall–Kier alpha value is -7.01. The molecule has 4 heteroatoms. The van der Waals surface area contributed by atoms with Crippen molar-refractivity contribution in [2.45, 2.75) is 5.41 Å². The fourth-order valence-electron chi connectivity index (χ4n) is 9.26. The monoisotopic (exact) mass is 808 g/mol. The predicted octanol–water partition coefficient (Wildman–Crippen LogP) is 14.5. The smallest absolute Gasteiger partial charge is 0.200 e. The normalized spacial score (nSPS) is 12.9. The number of halogens is 1. The highest BCUT2D eigenvalue weighted by molar-refractivity contribution is 9.10. The van der Waals surface area contributed by atoms with Gasteiger partial charge in [-0.1, -0.05) is 174 Å². The van der Waals surface area contributed by atoms with Crippen LogP contribution in [0.1, 0.15) is 22.3 Å². The minimum atomic E-state index is -0.339. The Morgan fingerprint density at radius 2 is 0.776 bits per heavy atom. The first-order chi connectivity index (χ1) is 28.6. The van der Waals surface area contributed by atoms with Crippen LogP contribution in [0.25, 0.3) is 65.0 Å². The largest absolute Gasteiger partial charge is 0.457 e. The van der Waals surface area contributed by atoms with Crippen LogP contribution in [-0.2, 0) is 5.41 Å². The Balaban J connectivity index is 0.000000109. The van der Waals surface area contributed by atoms with Gasteiger partial charge in [-0.25, -0.2) is 0 Å². The van der Waals surface area contributed by atoms with Crippen LogP contribution in [0.3, 0.4) is 0 Å². The van der Waals surface area contributed by atoms with Crippen molar-refractivity contribution in [3.8, 4) is 11.5 Å². The van der Waals surface area contributed by atoms with Crippen LogP contribution in [0.15, 0.2) is 214 Å². The van der Waals surface area contributed by atoms with Crippen molar-refractivity contribution in [3.63, 3.8) is 0 Å². The minimum absolute atomic E-state index is 0.0347. The molecule has 0 atom stereocenters. The fourth-order valence-corrected chi connectivity index (χ4v) is 9.86. The second kappa shape index (κ2) is 13.6. The molecule has 1 aromatic heterocycles. The Kier molecular flexibility index (Phi) is 8.02. The number of fused-ring (bicyclic) bond motifs is 11. The van der Waals surface area contributed by atoms with Gasteiger partial charge in [0, 0.05) is 21.0 Å². The summed E-state index contributed by atoms with van der Waals surface area (Å²) < 4.78 is 13.1. The van der Waals surface area contributed by atoms with Crippen LogP contribution in [0.2, 0.25) is 0 Å². The van der Waals surface area contributed by atoms with Gasteiger partial charge in [0.2, 0.25) is 5.43 Å². The molecule has 2 aliphatic rings. The molecule has 0 saturated heterocycles. The second-order valence-corrected chi connectivity index (χ2v) is 15.6. The first kappa shape index (κ1) is 34.3. The van der Waals surface area contributed by atoms with Gasteiger partial charge in [0.1, 0.15) is 22.7 Å². The maximum absolute atomic E-state index is 12.0. The van der Waals surface area contributed by atoms with E-state index in [1.54, 1.807) is 12.1 Å². The van der Waals surface area contributed by atoms with Gasteiger partial charge in [0.25, 0.3) is 0 Å². The molecule has 10 aromatic carbocycles. The Morgan fingerprint density at radius 3 is 1.36 bits per heavy atom. The molecule has 0 amide bonds. The lowest BCUT2D eigenvalue weighted by molar-refractivity contribution is 0.436. The van der Waals surface area contributed by atoms with Gasteiger partial charge >= 0.3 is 0 Å². The van der Waals surface area contributed by atoms with Crippen LogP contribution >= 0.6 is 15.9 Å². The van der Waals surface area contributed by atoms with Crippen molar-refractivity contribution < 1.29 is 9.15 Å². The van der Waals surface area contributed by atoms with Gasteiger partial charge in [0.15, 0.2) is 0 Å². The van der Waals surface area contributed by atoms with Crippen LogP contribution in [0.5, 0.6) is 11.5 Å². The minimum Gasteiger partial charge on any atom is -0.457 e. The van der Waals surface area contributed by atoms with E-state index in [2.05, 4.69) is 168 Å². The zero-order valence-electron chi connectivity index (χ0n) is 31.2. The number of ether oxygens (including phenoxy) is 1. The van der Waals surface area contributed by atoms with E-state index < -0.39 is 0 Å². The van der Waals surface area contributed by atoms with Crippen molar-refractivity contribution in [1.29, 1.82) is 0 Å². The second-order valence-electron chi connectivity index (χ2n) is 14.8. The topological polar surface area (TPSA) is 39.4 Å². The van der Waals surface area contributed by atoms with Gasteiger partial charge in [-0.3, -0.25) is 4.79 Å². The molecule has 274 valence electrons. The predicted molar refractivity (Wildman–Crippen MR) is 243 cm³/mol. The van der Waals surface area contributed by atoms with Crippen LogP contribution < -0.4 is 10.2 Å². The molecular weight excluding hydrogens is 776 g/mol. The van der Waals surface area contributed by atoms with Crippen LogP contribution in [0, 0.1) is 0 Å². The van der Waals surface area contributed by atoms with E-state index in [9.17, 15) is 4.79 Å². The highest BCUT2D eigenvalue weighted by Gasteiger charge is 2.49. The first-order valence-electron chi connectivity index (χ1n) is 19.4. The van der Waals surface area contributed by atoms with Gasteiger partial charge < -0.3 is 9.15 Å². The van der Waals surface area contributed by atoms with Crippen molar-refractivity contribution in [1.82, 2.24) is 0 Å². The number of hydrogen-bond acceptors (Lipinski definition) is 3. The Labute approximate surface area is 342 Å². The van der Waals surface area contributed by atoms with E-state index in [-0.39, 0.29) is 10.8 Å². The summed E-state index contributed by atoms with van der Waals surface area (Å²) in [6, 6.07) is 68.7. The lowest BCUT2D eigenvalue weighted by Gasteiger charge is -2.39. The van der Waals surface area contributed by atoms with Crippen LogP contribution in [-0.4, -0.2) is 0 Å². The summed E-state index contributed by atoms with van der Waals surface area (Å²) in [5.41, 5.74) is 6.15. The summed E-state index contributed by atoms with van der Waals surface area (Å²) >= 11 is 3.62. The van der Waals surface area contributed by atoms with E-state index in [0.717, 1.165) is 16.0 Å². The summed E-state index contributed by atoms with van der Waals surface area (Å²) in [4.78, 5) is 12.0. The molecule has 11 aromatic rings. The number of para-hydroxylation sites is 4. The van der Waals surface area contributed by atoms with Gasteiger partial charge in [-0.15, -0.1) is 0 Å². The van der Waals surface area contributed by atoms with Crippen molar-refractivity contribution in [2.75, 3.05) is 0 Å². The SMILES string of the molecule is Brc1cccc2ccc3ccccc3c12.O=c1c2ccccc2oc2ccccc12.c1ccc2c(c1)Oc1ccccc1C21c2cccc3ccc4cccc1c4c23. The average Bonchev–Trinajstić information content (AvgIpc) is 3.58. The molecule has 1 aliphatic carbocycles. The summed E-state index contributed by atoms with van der Waals surface area (Å²) in [5, 5.41) is 11.8. The van der Waals surface area contributed by atoms with Crippen LogP contribution in [0.4, 0.5) is 0 Å². The van der Waals surface area contributed by atoms with Gasteiger partial charge in [-0.2, -0.15) is 0 Å². The molecular formula is C54H33BrO3. The molecule has 3 nitrogen and oxygen atoms in total. The molecule has 0 fully saturated rings. The Bertz CT molecular complexity index is 3320. The maximum Gasteiger partial charge on any atom is 0.200 e. The van der Waals surface area contributed by atoms with E-state index in [1.807, 2.05) is 36.4 Å². The first-order valence-corrected chi connectivity index (χ1v) is 20.2. The standard InChI is InChI=1S/C27H16O.C14H9Br.C13H8O2/c1-3-13-23-19(9-1)27(20-10-2-4-14-24(20)28-23)21-11-5-7-17-15-16-18-8-6-12-22(27)26(18)25(17)21;15-13-7-3-5-11-9-8-10-4-1-2-6-12(10)14(11)13;14-13-9-5-1-3-7-11(9)15-12-8-4-2-6-10(12)13/h1-16H;1-9H;1-8H. The number of hydrogen-bond donors (Lipinski definition) is 0. The van der Waals surface area contributed by atoms with Gasteiger partial charge in [0.05, 0.1) is 16.2 Å². The quantitative estimate of drug-likeness (QED) is 0.113. The lowest BCUT2D eigenvalue weighted by atomic mass is 9.66. The molecule has 0 saturated carbocycles. The molecule has 0 radical (unpaired) electrons. The fraction of sp³-hybridized carbons (Fsp3) is 0.0185. The third kappa shape index (κ3) is 5.15. The number of rotatable bonds is 0. The highest BCUT2D eigenvalue weighted by atomic mass is 79.9. The van der Waals surface area contributed by atoms with Crippen molar-refractivity contribution >= 4 is 81.0 Å². The zero-order valence-corrected chi connectivity index (χ0v) is 32.7. The molecule has 1 aliphatic heterocycles. The molecule has 1 spiro atoms. The molecule has 0 N–H and O–H groups in total. The Morgan fingerprint density at radius 1 is 0.362 bits per heavy atom. The van der Waals surface area contributed by atoms with E-state index in [4.69, 9.17) is 9.15 Å². The zero-order chi connectivity index (χ0) is 38.8. The third-order valence-corrected chi connectivity index (χ3v) is 12.4. The van der Waals surface area contributed by atoms with E-state index in [1.165, 1.54) is 65.3 Å². The summed E-state index contributed by atoms with van der Waals surface area (Å²) in [6.07, 6.45) is 0. The summed E-state index contributed by atoms with van der Waals surface area (Å²) in [7, 11) is 0. The average molecular weight is 810 g/mol. The summed E-state index contributed by atoms with van der Waals surface area (Å²) in [5.74, 6) is 1.89. The highest BCUT2D eigenvalue weighted by Crippen LogP contribution is 2.61. The van der Waals surface area contributed by atoms with Gasteiger partial charge in [-0.05, 0) is 91.3 Å². The molecule has 0 unspecified atom stereocenters. The lowest BCUT2D eigenvalue weighted by Crippen LogP contribution is -2.32. The third-order valence-electron chi connectivity index (χ3n) is 11.7. The molecule has 2 heterocycles. The van der Waals surface area contributed by atoms with Crippen molar-refractivity contribution in [3.05, 3.63) is 237 Å². The van der Waals surface area contributed by atoms with Crippen molar-refractivity contribution in [2.24, 2.45) is 0 Å². The number of benzene rings is 10. The molecule has 0 bridgehead atoms. The molecule has 13 rings (SSSR count). The maximum atomic E-state index is 12.0. The van der Waals surface area contributed by atoms with E-state index >= 15 is 0 Å². The van der Waals surface area contributed by atoms with E-state index in [0.29, 0.717) is 21.9 Å². The summed E-state index contributed by atoms with van der Waals surface area (Å²) in [6.45, 7) is 0. The molecule has 58 heavy (non-hydrogen) atoms.